The Balaban J connectivity index is 1.84. The first-order valence-electron chi connectivity index (χ1n) is 9.54. The van der Waals surface area contributed by atoms with Crippen LogP contribution in [0.15, 0.2) is 77.8 Å². The van der Waals surface area contributed by atoms with E-state index in [2.05, 4.69) is 9.98 Å². The fraction of sp³-hybridized carbons (Fsp3) is 0.0417. The van der Waals surface area contributed by atoms with E-state index >= 15 is 0 Å². The van der Waals surface area contributed by atoms with Crippen molar-refractivity contribution in [1.29, 1.82) is 0 Å². The van der Waals surface area contributed by atoms with Gasteiger partial charge in [0.2, 0.25) is 0 Å². The fourth-order valence-corrected chi connectivity index (χ4v) is 4.03. The smallest absolute Gasteiger partial charge is 0.356 e. The summed E-state index contributed by atoms with van der Waals surface area (Å²) in [4.78, 5) is 21.0. The number of carboxylic acids is 1. The largest absolute Gasteiger partial charge is 0.476 e. The number of aromatic carboxylic acids is 1. The highest BCUT2D eigenvalue weighted by molar-refractivity contribution is 6.31. The van der Waals surface area contributed by atoms with Gasteiger partial charge in [-0.2, -0.15) is 0 Å². The van der Waals surface area contributed by atoms with Crippen LogP contribution in [0.3, 0.4) is 0 Å². The Kier molecular flexibility index (Phi) is 4.64. The van der Waals surface area contributed by atoms with Gasteiger partial charge in [-0.05, 0) is 30.3 Å². The first kappa shape index (κ1) is 19.2. The van der Waals surface area contributed by atoms with Crippen LogP contribution in [0.25, 0.3) is 16.9 Å². The van der Waals surface area contributed by atoms with Gasteiger partial charge in [0, 0.05) is 21.7 Å². The van der Waals surface area contributed by atoms with Gasteiger partial charge in [0.25, 0.3) is 0 Å². The van der Waals surface area contributed by atoms with Crippen molar-refractivity contribution in [3.05, 3.63) is 106 Å². The summed E-state index contributed by atoms with van der Waals surface area (Å²) in [6.07, 6.45) is 0. The molecule has 5 nitrogen and oxygen atoms in total. The molecule has 152 valence electrons. The van der Waals surface area contributed by atoms with Crippen molar-refractivity contribution < 1.29 is 14.3 Å². The summed E-state index contributed by atoms with van der Waals surface area (Å²) < 4.78 is 16.4. The second kappa shape index (κ2) is 7.49. The third-order valence-electron chi connectivity index (χ3n) is 5.16. The lowest BCUT2D eigenvalue weighted by Crippen LogP contribution is -2.10. The van der Waals surface area contributed by atoms with E-state index in [1.165, 1.54) is 6.07 Å². The lowest BCUT2D eigenvalue weighted by Gasteiger charge is -2.16. The monoisotopic (exact) mass is 431 g/mol. The van der Waals surface area contributed by atoms with Gasteiger partial charge < -0.3 is 5.11 Å². The summed E-state index contributed by atoms with van der Waals surface area (Å²) in [5.41, 5.74) is 3.10. The number of fused-ring (bicyclic) bond motifs is 3. The van der Waals surface area contributed by atoms with Gasteiger partial charge >= 0.3 is 5.97 Å². The zero-order valence-corrected chi connectivity index (χ0v) is 16.8. The van der Waals surface area contributed by atoms with E-state index in [-0.39, 0.29) is 12.2 Å². The number of carbonyl (C=O) groups is 1. The van der Waals surface area contributed by atoms with Gasteiger partial charge in [-0.3, -0.25) is 9.56 Å². The molecule has 0 radical (unpaired) electrons. The third kappa shape index (κ3) is 3.21. The molecule has 1 aliphatic heterocycles. The summed E-state index contributed by atoms with van der Waals surface area (Å²) in [5.74, 6) is -1.08. The van der Waals surface area contributed by atoms with Gasteiger partial charge in [0.15, 0.2) is 5.69 Å². The van der Waals surface area contributed by atoms with Gasteiger partial charge in [-0.15, -0.1) is 0 Å². The minimum atomic E-state index is -1.13. The molecular weight excluding hydrogens is 417 g/mol. The average Bonchev–Trinajstić information content (AvgIpc) is 3.08. The highest BCUT2D eigenvalue weighted by Gasteiger charge is 2.29. The molecule has 0 fully saturated rings. The van der Waals surface area contributed by atoms with Crippen molar-refractivity contribution >= 4 is 23.3 Å². The van der Waals surface area contributed by atoms with Crippen molar-refractivity contribution in [3.63, 3.8) is 0 Å². The normalized spacial score (nSPS) is 12.5. The Morgan fingerprint density at radius 2 is 1.74 bits per heavy atom. The van der Waals surface area contributed by atoms with E-state index < -0.39 is 11.8 Å². The van der Waals surface area contributed by atoms with Crippen LogP contribution >= 0.6 is 11.6 Å². The summed E-state index contributed by atoms with van der Waals surface area (Å²) in [6.45, 7) is 0.0864. The van der Waals surface area contributed by atoms with Crippen LogP contribution in [0.1, 0.15) is 27.4 Å². The van der Waals surface area contributed by atoms with Crippen LogP contribution < -0.4 is 0 Å². The predicted octanol–water partition coefficient (Wildman–Crippen LogP) is 5.38. The molecule has 0 saturated heterocycles. The molecule has 0 amide bonds. The number of hydrogen-bond donors (Lipinski definition) is 1. The number of halogens is 2. The van der Waals surface area contributed by atoms with Gasteiger partial charge in [0.05, 0.1) is 23.6 Å². The van der Waals surface area contributed by atoms with Crippen molar-refractivity contribution in [1.82, 2.24) is 9.55 Å². The molecule has 2 heterocycles. The summed E-state index contributed by atoms with van der Waals surface area (Å²) in [5, 5.41) is 10.3. The van der Waals surface area contributed by atoms with Crippen LogP contribution in [-0.4, -0.2) is 26.3 Å². The average molecular weight is 432 g/mol. The quantitative estimate of drug-likeness (QED) is 0.473. The highest BCUT2D eigenvalue weighted by Crippen LogP contribution is 2.35. The number of aromatic nitrogens is 2. The van der Waals surface area contributed by atoms with Crippen molar-refractivity contribution in [3.8, 4) is 16.9 Å². The lowest BCUT2D eigenvalue weighted by atomic mass is 9.99. The number of carboxylic acid groups (broad SMARTS) is 1. The van der Waals surface area contributed by atoms with Gasteiger partial charge in [0.1, 0.15) is 11.6 Å². The molecule has 3 aromatic carbocycles. The van der Waals surface area contributed by atoms with Crippen LogP contribution in [0.5, 0.6) is 0 Å². The number of imidazole rings is 1. The molecule has 0 unspecified atom stereocenters. The Labute approximate surface area is 182 Å². The summed E-state index contributed by atoms with van der Waals surface area (Å²) in [7, 11) is 0. The van der Waals surface area contributed by atoms with E-state index in [0.717, 1.165) is 0 Å². The molecule has 5 rings (SSSR count). The Morgan fingerprint density at radius 3 is 2.48 bits per heavy atom. The molecule has 0 atom stereocenters. The van der Waals surface area contributed by atoms with Crippen molar-refractivity contribution in [2.75, 3.05) is 0 Å². The number of aliphatic imine (C=N–C) groups is 1. The zero-order valence-electron chi connectivity index (χ0n) is 16.1. The minimum absolute atomic E-state index is 0.0633. The van der Waals surface area contributed by atoms with Gasteiger partial charge in [-0.25, -0.2) is 14.2 Å². The van der Waals surface area contributed by atoms with Gasteiger partial charge in [-0.1, -0.05) is 54.1 Å². The molecule has 0 aliphatic carbocycles. The van der Waals surface area contributed by atoms with E-state index in [4.69, 9.17) is 11.6 Å². The maximum atomic E-state index is 14.7. The molecule has 4 aromatic rings. The number of hydrogen-bond acceptors (Lipinski definition) is 3. The first-order valence-corrected chi connectivity index (χ1v) is 9.92. The third-order valence-corrected chi connectivity index (χ3v) is 5.39. The molecule has 0 bridgehead atoms. The van der Waals surface area contributed by atoms with E-state index in [0.29, 0.717) is 44.6 Å². The SMILES string of the molecule is O=C(O)c1nc2n(c1-c1ccccc1)-c1ccc(Cl)cc1C(c1ccccc1F)=NC2. The molecule has 0 saturated carbocycles. The molecule has 7 heteroatoms. The Morgan fingerprint density at radius 1 is 1.00 bits per heavy atom. The fourth-order valence-electron chi connectivity index (χ4n) is 3.85. The van der Waals surface area contributed by atoms with E-state index in [9.17, 15) is 14.3 Å². The number of benzene rings is 3. The van der Waals surface area contributed by atoms with Crippen LogP contribution in [-0.2, 0) is 6.54 Å². The molecule has 0 spiro atoms. The molecular formula is C24H15ClFN3O2. The first-order chi connectivity index (χ1) is 15.0. The maximum absolute atomic E-state index is 14.7. The summed E-state index contributed by atoms with van der Waals surface area (Å²) in [6, 6.07) is 20.8. The second-order valence-electron chi connectivity index (χ2n) is 7.04. The Hall–Kier alpha value is -3.77. The topological polar surface area (TPSA) is 67.5 Å². The van der Waals surface area contributed by atoms with Crippen molar-refractivity contribution in [2.24, 2.45) is 4.99 Å². The van der Waals surface area contributed by atoms with Crippen LogP contribution in [0, 0.1) is 5.82 Å². The molecule has 1 aromatic heterocycles. The molecule has 1 aliphatic rings. The zero-order chi connectivity index (χ0) is 21.5. The van der Waals surface area contributed by atoms with E-state index in [1.807, 2.05) is 30.3 Å². The second-order valence-corrected chi connectivity index (χ2v) is 7.47. The summed E-state index contributed by atoms with van der Waals surface area (Å²) >= 11 is 6.29. The van der Waals surface area contributed by atoms with Crippen LogP contribution in [0.4, 0.5) is 4.39 Å². The van der Waals surface area contributed by atoms with E-state index in [1.54, 1.807) is 41.0 Å². The Bertz CT molecular complexity index is 1360. The molecule has 31 heavy (non-hydrogen) atoms. The molecule has 1 N–H and O–H groups in total. The highest BCUT2D eigenvalue weighted by atomic mass is 35.5. The maximum Gasteiger partial charge on any atom is 0.356 e. The van der Waals surface area contributed by atoms with Crippen molar-refractivity contribution in [2.45, 2.75) is 6.54 Å². The number of nitrogens with zero attached hydrogens (tertiary/aromatic N) is 3. The predicted molar refractivity (Wildman–Crippen MR) is 117 cm³/mol. The lowest BCUT2D eigenvalue weighted by molar-refractivity contribution is 0.0692. The van der Waals surface area contributed by atoms with Crippen LogP contribution in [0.2, 0.25) is 5.02 Å². The standard InChI is InChI=1S/C24H15ClFN3O2/c25-15-10-11-19-17(12-15)21(16-8-4-5-9-18(16)26)27-13-20-28-22(24(30)31)23(29(19)20)14-6-2-1-3-7-14/h1-12H,13H2,(H,30,31). The minimum Gasteiger partial charge on any atom is -0.476 e. The number of rotatable bonds is 3.